The summed E-state index contributed by atoms with van der Waals surface area (Å²) in [5.41, 5.74) is -0.0550. The highest BCUT2D eigenvalue weighted by atomic mass is 16.6. The van der Waals surface area contributed by atoms with Gasteiger partial charge in [-0.1, -0.05) is 12.1 Å². The van der Waals surface area contributed by atoms with Gasteiger partial charge in [-0.05, 0) is 32.8 Å². The zero-order valence-corrected chi connectivity index (χ0v) is 13.1. The second-order valence-electron chi connectivity index (χ2n) is 5.72. The van der Waals surface area contributed by atoms with Crippen LogP contribution in [0, 0.1) is 10.1 Å². The summed E-state index contributed by atoms with van der Waals surface area (Å²) < 4.78 is 0. The van der Waals surface area contributed by atoms with E-state index in [1.807, 2.05) is 13.8 Å². The van der Waals surface area contributed by atoms with Crippen molar-refractivity contribution in [1.29, 1.82) is 0 Å². The predicted molar refractivity (Wildman–Crippen MR) is 85.1 cm³/mol. The lowest BCUT2D eigenvalue weighted by Crippen LogP contribution is -2.49. The average molecular weight is 320 g/mol. The highest BCUT2D eigenvalue weighted by Crippen LogP contribution is 2.25. The summed E-state index contributed by atoms with van der Waals surface area (Å²) in [6, 6.07) is 4.87. The van der Waals surface area contributed by atoms with Crippen LogP contribution in [0.15, 0.2) is 24.3 Å². The van der Waals surface area contributed by atoms with Crippen molar-refractivity contribution in [2.45, 2.75) is 38.8 Å². The Labute approximate surface area is 134 Å². The molecular formula is C15H20N4O4. The van der Waals surface area contributed by atoms with Gasteiger partial charge in [0.05, 0.1) is 4.92 Å². The number of nitrogens with zero attached hydrogens (tertiary/aromatic N) is 2. The summed E-state index contributed by atoms with van der Waals surface area (Å²) in [5.74, 6) is -0.199. The van der Waals surface area contributed by atoms with E-state index in [9.17, 15) is 19.7 Å². The molecule has 0 spiro atoms. The highest BCUT2D eigenvalue weighted by molar-refractivity contribution is 5.95. The molecule has 1 heterocycles. The van der Waals surface area contributed by atoms with Crippen LogP contribution in [0.25, 0.3) is 0 Å². The second-order valence-corrected chi connectivity index (χ2v) is 5.72. The molecule has 1 aromatic carbocycles. The maximum absolute atomic E-state index is 12.4. The molecule has 3 amide bonds. The summed E-state index contributed by atoms with van der Waals surface area (Å²) in [6.45, 7) is 4.15. The second kappa shape index (κ2) is 7.08. The van der Waals surface area contributed by atoms with Crippen LogP contribution in [-0.4, -0.2) is 40.4 Å². The van der Waals surface area contributed by atoms with Gasteiger partial charge in [0.15, 0.2) is 0 Å². The number of carbonyl (C=O) groups is 2. The zero-order chi connectivity index (χ0) is 17.0. The van der Waals surface area contributed by atoms with Crippen LogP contribution < -0.4 is 10.6 Å². The third-order valence-electron chi connectivity index (χ3n) is 3.59. The lowest BCUT2D eigenvalue weighted by atomic mass is 10.2. The van der Waals surface area contributed by atoms with Crippen LogP contribution in [0.2, 0.25) is 0 Å². The smallest absolute Gasteiger partial charge is 0.322 e. The van der Waals surface area contributed by atoms with Crippen LogP contribution in [0.4, 0.5) is 16.2 Å². The normalized spacial score (nSPS) is 17.2. The van der Waals surface area contributed by atoms with Crippen LogP contribution in [0.3, 0.4) is 0 Å². The Morgan fingerprint density at radius 3 is 2.70 bits per heavy atom. The number of nitro groups is 1. The number of carbonyl (C=O) groups excluding carboxylic acids is 2. The summed E-state index contributed by atoms with van der Waals surface area (Å²) in [4.78, 5) is 36.4. The molecule has 0 radical (unpaired) electrons. The van der Waals surface area contributed by atoms with Gasteiger partial charge >= 0.3 is 6.03 Å². The van der Waals surface area contributed by atoms with Crippen molar-refractivity contribution in [3.63, 3.8) is 0 Å². The molecule has 1 saturated heterocycles. The van der Waals surface area contributed by atoms with E-state index in [1.165, 1.54) is 23.1 Å². The molecule has 2 N–H and O–H groups in total. The Balaban J connectivity index is 2.11. The molecule has 0 aromatic heterocycles. The van der Waals surface area contributed by atoms with E-state index in [2.05, 4.69) is 10.6 Å². The first kappa shape index (κ1) is 16.7. The lowest BCUT2D eigenvalue weighted by Gasteiger charge is -2.25. The van der Waals surface area contributed by atoms with Gasteiger partial charge in [0.25, 0.3) is 5.69 Å². The number of hydrogen-bond donors (Lipinski definition) is 2. The van der Waals surface area contributed by atoms with Crippen LogP contribution >= 0.6 is 0 Å². The molecule has 8 heteroatoms. The van der Waals surface area contributed by atoms with E-state index < -0.39 is 17.0 Å². The third kappa shape index (κ3) is 3.97. The van der Waals surface area contributed by atoms with Crippen molar-refractivity contribution in [3.8, 4) is 0 Å². The van der Waals surface area contributed by atoms with Gasteiger partial charge in [0.2, 0.25) is 5.91 Å². The summed E-state index contributed by atoms with van der Waals surface area (Å²) in [5, 5.41) is 16.3. The number of hydrogen-bond acceptors (Lipinski definition) is 4. The number of urea groups is 1. The molecule has 1 aliphatic rings. The SMILES string of the molecule is CC(C)NC(=O)[C@@H]1CCCN1C(=O)Nc1ccccc1[N+](=O)[O-]. The Morgan fingerprint density at radius 1 is 1.35 bits per heavy atom. The van der Waals surface area contributed by atoms with E-state index in [0.717, 1.165) is 6.42 Å². The molecule has 1 aromatic rings. The Morgan fingerprint density at radius 2 is 2.04 bits per heavy atom. The van der Waals surface area contributed by atoms with Gasteiger partial charge in [-0.2, -0.15) is 0 Å². The Hall–Kier alpha value is -2.64. The Bertz CT molecular complexity index is 617. The topological polar surface area (TPSA) is 105 Å². The largest absolute Gasteiger partial charge is 0.352 e. The zero-order valence-electron chi connectivity index (χ0n) is 13.1. The van der Waals surface area contributed by atoms with Crippen molar-refractivity contribution < 1.29 is 14.5 Å². The molecule has 0 unspecified atom stereocenters. The first-order valence-electron chi connectivity index (χ1n) is 7.51. The number of rotatable bonds is 4. The van der Waals surface area contributed by atoms with Crippen LogP contribution in [0.1, 0.15) is 26.7 Å². The minimum atomic E-state index is -0.553. The maximum atomic E-state index is 12.4. The van der Waals surface area contributed by atoms with E-state index in [0.29, 0.717) is 13.0 Å². The summed E-state index contributed by atoms with van der Waals surface area (Å²) in [6.07, 6.45) is 1.31. The van der Waals surface area contributed by atoms with Crippen molar-refractivity contribution >= 4 is 23.3 Å². The average Bonchev–Trinajstić information content (AvgIpc) is 2.96. The molecule has 2 rings (SSSR count). The lowest BCUT2D eigenvalue weighted by molar-refractivity contribution is -0.383. The van der Waals surface area contributed by atoms with Gasteiger partial charge in [-0.15, -0.1) is 0 Å². The van der Waals surface area contributed by atoms with E-state index in [-0.39, 0.29) is 23.3 Å². The van der Waals surface area contributed by atoms with Crippen LogP contribution in [-0.2, 0) is 4.79 Å². The van der Waals surface area contributed by atoms with E-state index in [4.69, 9.17) is 0 Å². The van der Waals surface area contributed by atoms with Crippen molar-refractivity contribution in [2.24, 2.45) is 0 Å². The monoisotopic (exact) mass is 320 g/mol. The van der Waals surface area contributed by atoms with Gasteiger partial charge in [-0.3, -0.25) is 14.9 Å². The van der Waals surface area contributed by atoms with Gasteiger partial charge in [0, 0.05) is 18.7 Å². The number of nitrogens with one attached hydrogen (secondary N) is 2. The first-order chi connectivity index (χ1) is 10.9. The summed E-state index contributed by atoms with van der Waals surface area (Å²) in [7, 11) is 0. The maximum Gasteiger partial charge on any atom is 0.322 e. The van der Waals surface area contributed by atoms with Crippen LogP contribution in [0.5, 0.6) is 0 Å². The third-order valence-corrected chi connectivity index (χ3v) is 3.59. The predicted octanol–water partition coefficient (Wildman–Crippen LogP) is 2.12. The molecule has 0 saturated carbocycles. The fraction of sp³-hybridized carbons (Fsp3) is 0.467. The van der Waals surface area contributed by atoms with Crippen molar-refractivity contribution in [3.05, 3.63) is 34.4 Å². The summed E-state index contributed by atoms with van der Waals surface area (Å²) >= 11 is 0. The number of anilines is 1. The minimum absolute atomic E-state index is 0.0109. The molecule has 8 nitrogen and oxygen atoms in total. The Kier molecular flexibility index (Phi) is 5.15. The molecule has 1 fully saturated rings. The van der Waals surface area contributed by atoms with Gasteiger partial charge in [-0.25, -0.2) is 4.79 Å². The first-order valence-corrected chi connectivity index (χ1v) is 7.51. The number of amides is 3. The fourth-order valence-electron chi connectivity index (χ4n) is 2.59. The standard InChI is InChI=1S/C15H20N4O4/c1-10(2)16-14(20)13-8-5-9-18(13)15(21)17-11-6-3-4-7-12(11)19(22)23/h3-4,6-7,10,13H,5,8-9H2,1-2H3,(H,16,20)(H,17,21)/t13-/m0/s1. The van der Waals surface area contributed by atoms with E-state index in [1.54, 1.807) is 6.07 Å². The molecule has 0 bridgehead atoms. The molecular weight excluding hydrogens is 300 g/mol. The molecule has 124 valence electrons. The molecule has 1 aliphatic heterocycles. The quantitative estimate of drug-likeness (QED) is 0.655. The molecule has 1 atom stereocenters. The number of likely N-dealkylation sites (tertiary alicyclic amines) is 1. The molecule has 0 aliphatic carbocycles. The van der Waals surface area contributed by atoms with Gasteiger partial charge in [0.1, 0.15) is 11.7 Å². The minimum Gasteiger partial charge on any atom is -0.352 e. The van der Waals surface area contributed by atoms with E-state index >= 15 is 0 Å². The molecule has 23 heavy (non-hydrogen) atoms. The number of nitro benzene ring substituents is 1. The van der Waals surface area contributed by atoms with Crippen molar-refractivity contribution in [2.75, 3.05) is 11.9 Å². The number of benzene rings is 1. The highest BCUT2D eigenvalue weighted by Gasteiger charge is 2.34. The fourth-order valence-corrected chi connectivity index (χ4v) is 2.59. The van der Waals surface area contributed by atoms with Gasteiger partial charge < -0.3 is 15.5 Å². The number of para-hydroxylation sites is 2. The van der Waals surface area contributed by atoms with Crippen molar-refractivity contribution in [1.82, 2.24) is 10.2 Å².